The number of hydrogen-bond donors (Lipinski definition) is 2. The average Bonchev–Trinajstić information content (AvgIpc) is 2.98. The van der Waals surface area contributed by atoms with E-state index in [0.29, 0.717) is 12.2 Å². The first-order valence-electron chi connectivity index (χ1n) is 5.99. The van der Waals surface area contributed by atoms with Crippen molar-refractivity contribution in [3.05, 3.63) is 35.7 Å². The highest BCUT2D eigenvalue weighted by Crippen LogP contribution is 2.03. The molecule has 0 saturated heterocycles. The van der Waals surface area contributed by atoms with Gasteiger partial charge in [-0.15, -0.1) is 0 Å². The Kier molecular flexibility index (Phi) is 3.76. The third-order valence-corrected chi connectivity index (χ3v) is 2.76. The molecular weight excluding hydrogens is 230 g/mol. The number of rotatable bonds is 5. The molecule has 2 heterocycles. The minimum absolute atomic E-state index is 0.0933. The fourth-order valence-corrected chi connectivity index (χ4v) is 1.73. The van der Waals surface area contributed by atoms with Crippen LogP contribution in [0.5, 0.6) is 0 Å². The lowest BCUT2D eigenvalue weighted by Gasteiger charge is -2.03. The van der Waals surface area contributed by atoms with E-state index in [2.05, 4.69) is 20.4 Å². The molecule has 2 aromatic heterocycles. The zero-order valence-electron chi connectivity index (χ0n) is 10.6. The van der Waals surface area contributed by atoms with Crippen molar-refractivity contribution in [2.75, 3.05) is 6.54 Å². The number of imidazole rings is 1. The van der Waals surface area contributed by atoms with E-state index in [9.17, 15) is 4.79 Å². The molecule has 2 rings (SSSR count). The molecule has 1 amide bonds. The SMILES string of the molecule is CCc1cc(C(=O)NCCc2cnc[nH]2)n(C)n1. The summed E-state index contributed by atoms with van der Waals surface area (Å²) in [5.41, 5.74) is 2.53. The van der Waals surface area contributed by atoms with Crippen LogP contribution in [0.1, 0.15) is 28.8 Å². The van der Waals surface area contributed by atoms with Crippen molar-refractivity contribution in [3.63, 3.8) is 0 Å². The third-order valence-electron chi connectivity index (χ3n) is 2.76. The van der Waals surface area contributed by atoms with Gasteiger partial charge in [0.1, 0.15) is 5.69 Å². The summed E-state index contributed by atoms with van der Waals surface area (Å²) < 4.78 is 1.62. The largest absolute Gasteiger partial charge is 0.350 e. The van der Waals surface area contributed by atoms with Gasteiger partial charge in [-0.3, -0.25) is 9.48 Å². The monoisotopic (exact) mass is 247 g/mol. The topological polar surface area (TPSA) is 75.6 Å². The molecule has 0 aliphatic heterocycles. The molecule has 0 atom stereocenters. The second-order valence-corrected chi connectivity index (χ2v) is 4.08. The molecule has 0 fully saturated rings. The van der Waals surface area contributed by atoms with Gasteiger partial charge in [0.2, 0.25) is 0 Å². The number of carbonyl (C=O) groups is 1. The summed E-state index contributed by atoms with van der Waals surface area (Å²) in [4.78, 5) is 18.8. The third kappa shape index (κ3) is 2.77. The molecule has 6 heteroatoms. The van der Waals surface area contributed by atoms with Gasteiger partial charge < -0.3 is 10.3 Å². The Morgan fingerprint density at radius 2 is 2.39 bits per heavy atom. The number of nitrogens with zero attached hydrogens (tertiary/aromatic N) is 3. The van der Waals surface area contributed by atoms with Gasteiger partial charge in [-0.05, 0) is 12.5 Å². The van der Waals surface area contributed by atoms with Gasteiger partial charge in [0.05, 0.1) is 12.0 Å². The highest BCUT2D eigenvalue weighted by molar-refractivity contribution is 5.92. The summed E-state index contributed by atoms with van der Waals surface area (Å²) in [5.74, 6) is -0.0933. The predicted octanol–water partition coefficient (Wildman–Crippen LogP) is 0.678. The first kappa shape index (κ1) is 12.3. The molecule has 2 aromatic rings. The summed E-state index contributed by atoms with van der Waals surface area (Å²) in [6.07, 6.45) is 4.96. The number of H-pyrrole nitrogens is 1. The van der Waals surface area contributed by atoms with Crippen molar-refractivity contribution in [2.24, 2.45) is 7.05 Å². The summed E-state index contributed by atoms with van der Waals surface area (Å²) in [5, 5.41) is 7.12. The average molecular weight is 247 g/mol. The molecule has 0 saturated carbocycles. The molecule has 0 aliphatic rings. The van der Waals surface area contributed by atoms with Crippen LogP contribution in [0, 0.1) is 0 Å². The number of amides is 1. The predicted molar refractivity (Wildman–Crippen MR) is 67.2 cm³/mol. The molecular formula is C12H17N5O. The van der Waals surface area contributed by atoms with E-state index in [1.807, 2.05) is 13.0 Å². The van der Waals surface area contributed by atoms with Gasteiger partial charge in [0, 0.05) is 31.9 Å². The molecule has 0 aliphatic carbocycles. The van der Waals surface area contributed by atoms with Crippen LogP contribution in [-0.2, 0) is 19.9 Å². The number of aromatic amines is 1. The van der Waals surface area contributed by atoms with Crippen LogP contribution in [-0.4, -0.2) is 32.2 Å². The number of aromatic nitrogens is 4. The fraction of sp³-hybridized carbons (Fsp3) is 0.417. The van der Waals surface area contributed by atoms with Gasteiger partial charge in [-0.1, -0.05) is 6.92 Å². The van der Waals surface area contributed by atoms with Crippen molar-refractivity contribution in [1.82, 2.24) is 25.1 Å². The minimum Gasteiger partial charge on any atom is -0.350 e. The van der Waals surface area contributed by atoms with Gasteiger partial charge in [-0.25, -0.2) is 4.98 Å². The first-order valence-corrected chi connectivity index (χ1v) is 5.99. The molecule has 0 spiro atoms. The number of nitrogens with one attached hydrogen (secondary N) is 2. The molecule has 96 valence electrons. The molecule has 0 unspecified atom stereocenters. The zero-order chi connectivity index (χ0) is 13.0. The maximum Gasteiger partial charge on any atom is 0.269 e. The smallest absolute Gasteiger partial charge is 0.269 e. The Labute approximate surface area is 105 Å². The van der Waals surface area contributed by atoms with Crippen LogP contribution >= 0.6 is 0 Å². The van der Waals surface area contributed by atoms with E-state index in [4.69, 9.17) is 0 Å². The lowest BCUT2D eigenvalue weighted by atomic mass is 10.3. The second-order valence-electron chi connectivity index (χ2n) is 4.08. The van der Waals surface area contributed by atoms with Gasteiger partial charge in [-0.2, -0.15) is 5.10 Å². The lowest BCUT2D eigenvalue weighted by Crippen LogP contribution is -2.27. The highest BCUT2D eigenvalue weighted by atomic mass is 16.2. The normalized spacial score (nSPS) is 10.6. The van der Waals surface area contributed by atoms with E-state index < -0.39 is 0 Å². The Morgan fingerprint density at radius 3 is 3.00 bits per heavy atom. The first-order chi connectivity index (χ1) is 8.70. The van der Waals surface area contributed by atoms with E-state index in [-0.39, 0.29) is 5.91 Å². The van der Waals surface area contributed by atoms with Crippen molar-refractivity contribution >= 4 is 5.91 Å². The van der Waals surface area contributed by atoms with Gasteiger partial charge in [0.25, 0.3) is 5.91 Å². The lowest BCUT2D eigenvalue weighted by molar-refractivity contribution is 0.0944. The van der Waals surface area contributed by atoms with Crippen LogP contribution in [0.4, 0.5) is 0 Å². The molecule has 18 heavy (non-hydrogen) atoms. The van der Waals surface area contributed by atoms with Crippen molar-refractivity contribution < 1.29 is 4.79 Å². The Bertz CT molecular complexity index is 515. The van der Waals surface area contributed by atoms with Crippen molar-refractivity contribution in [3.8, 4) is 0 Å². The second kappa shape index (κ2) is 5.48. The number of carbonyl (C=O) groups excluding carboxylic acids is 1. The van der Waals surface area contributed by atoms with Crippen molar-refractivity contribution in [1.29, 1.82) is 0 Å². The Morgan fingerprint density at radius 1 is 1.56 bits per heavy atom. The standard InChI is InChI=1S/C12H17N5O/c1-3-9-6-11(17(2)16-9)12(18)14-5-4-10-7-13-8-15-10/h6-8H,3-5H2,1-2H3,(H,13,15)(H,14,18). The Balaban J connectivity index is 1.89. The van der Waals surface area contributed by atoms with Crippen LogP contribution in [0.3, 0.4) is 0 Å². The highest BCUT2D eigenvalue weighted by Gasteiger charge is 2.11. The van der Waals surface area contributed by atoms with Gasteiger partial charge in [0.15, 0.2) is 0 Å². The maximum atomic E-state index is 11.9. The quantitative estimate of drug-likeness (QED) is 0.815. The Hall–Kier alpha value is -2.11. The number of hydrogen-bond acceptors (Lipinski definition) is 3. The number of aryl methyl sites for hydroxylation is 2. The van der Waals surface area contributed by atoms with E-state index in [0.717, 1.165) is 24.2 Å². The molecule has 0 aromatic carbocycles. The maximum absolute atomic E-state index is 11.9. The molecule has 6 nitrogen and oxygen atoms in total. The van der Waals surface area contributed by atoms with E-state index >= 15 is 0 Å². The van der Waals surface area contributed by atoms with Crippen LogP contribution in [0.15, 0.2) is 18.6 Å². The van der Waals surface area contributed by atoms with Gasteiger partial charge >= 0.3 is 0 Å². The van der Waals surface area contributed by atoms with Crippen LogP contribution in [0.2, 0.25) is 0 Å². The zero-order valence-corrected chi connectivity index (χ0v) is 10.6. The summed E-state index contributed by atoms with van der Waals surface area (Å²) in [6, 6.07) is 1.82. The minimum atomic E-state index is -0.0933. The molecule has 2 N–H and O–H groups in total. The van der Waals surface area contributed by atoms with Crippen LogP contribution in [0.25, 0.3) is 0 Å². The molecule has 0 radical (unpaired) electrons. The van der Waals surface area contributed by atoms with E-state index in [1.165, 1.54) is 0 Å². The summed E-state index contributed by atoms with van der Waals surface area (Å²) in [6.45, 7) is 2.59. The van der Waals surface area contributed by atoms with Crippen LogP contribution < -0.4 is 5.32 Å². The van der Waals surface area contributed by atoms with E-state index in [1.54, 1.807) is 24.3 Å². The summed E-state index contributed by atoms with van der Waals surface area (Å²) in [7, 11) is 1.78. The summed E-state index contributed by atoms with van der Waals surface area (Å²) >= 11 is 0. The molecule has 0 bridgehead atoms. The fourth-order valence-electron chi connectivity index (χ4n) is 1.73. The van der Waals surface area contributed by atoms with Crippen molar-refractivity contribution in [2.45, 2.75) is 19.8 Å².